The summed E-state index contributed by atoms with van der Waals surface area (Å²) in [5.74, 6) is -0.900. The Balaban J connectivity index is 2.04. The SMILES string of the molecule is CC(C)(C)OC(=O)N1CCC(F)(C(=O)Cc2ccccc2C(F)(F)F)CC1. The Morgan fingerprint density at radius 2 is 1.67 bits per heavy atom. The van der Waals surface area contributed by atoms with E-state index in [4.69, 9.17) is 4.74 Å². The van der Waals surface area contributed by atoms with E-state index >= 15 is 4.39 Å². The number of hydrogen-bond acceptors (Lipinski definition) is 3. The van der Waals surface area contributed by atoms with Gasteiger partial charge in [0.1, 0.15) is 5.60 Å². The van der Waals surface area contributed by atoms with Crippen LogP contribution in [0.25, 0.3) is 0 Å². The van der Waals surface area contributed by atoms with Crippen molar-refractivity contribution in [2.75, 3.05) is 13.1 Å². The molecule has 0 bridgehead atoms. The third-order valence-corrected chi connectivity index (χ3v) is 4.38. The molecule has 150 valence electrons. The van der Waals surface area contributed by atoms with E-state index in [2.05, 4.69) is 0 Å². The third-order valence-electron chi connectivity index (χ3n) is 4.38. The first kappa shape index (κ1) is 21.2. The fourth-order valence-electron chi connectivity index (χ4n) is 2.93. The zero-order valence-electron chi connectivity index (χ0n) is 15.5. The molecule has 8 heteroatoms. The number of Topliss-reactive ketones (excluding diaryl/α,β-unsaturated/α-hetero) is 1. The quantitative estimate of drug-likeness (QED) is 0.713. The van der Waals surface area contributed by atoms with Crippen LogP contribution in [-0.2, 0) is 22.1 Å². The number of amides is 1. The molecule has 1 amide bonds. The smallest absolute Gasteiger partial charge is 0.416 e. The summed E-state index contributed by atoms with van der Waals surface area (Å²) in [6.07, 6.45) is -6.38. The van der Waals surface area contributed by atoms with E-state index in [1.807, 2.05) is 0 Å². The Labute approximate surface area is 155 Å². The molecule has 4 nitrogen and oxygen atoms in total. The number of benzene rings is 1. The maximum Gasteiger partial charge on any atom is 0.416 e. The Kier molecular flexibility index (Phi) is 5.87. The Morgan fingerprint density at radius 1 is 1.11 bits per heavy atom. The highest BCUT2D eigenvalue weighted by atomic mass is 19.4. The van der Waals surface area contributed by atoms with E-state index in [9.17, 15) is 22.8 Å². The van der Waals surface area contributed by atoms with E-state index in [1.54, 1.807) is 20.8 Å². The van der Waals surface area contributed by atoms with Gasteiger partial charge in [0, 0.05) is 32.4 Å². The van der Waals surface area contributed by atoms with Crippen LogP contribution < -0.4 is 0 Å². The lowest BCUT2D eigenvalue weighted by molar-refractivity contribution is -0.139. The van der Waals surface area contributed by atoms with Crippen molar-refractivity contribution in [2.24, 2.45) is 0 Å². The summed E-state index contributed by atoms with van der Waals surface area (Å²) < 4.78 is 59.4. The molecular formula is C19H23F4NO3. The number of nitrogens with zero attached hydrogens (tertiary/aromatic N) is 1. The molecular weight excluding hydrogens is 366 g/mol. The average Bonchev–Trinajstić information content (AvgIpc) is 2.53. The number of halogens is 4. The molecule has 1 fully saturated rings. The molecule has 2 rings (SSSR count). The van der Waals surface area contributed by atoms with Crippen LogP contribution in [0, 0.1) is 0 Å². The minimum Gasteiger partial charge on any atom is -0.444 e. The van der Waals surface area contributed by atoms with Crippen LogP contribution in [0.3, 0.4) is 0 Å². The highest BCUT2D eigenvalue weighted by Crippen LogP contribution is 2.34. The molecule has 1 aromatic rings. The molecule has 0 atom stereocenters. The van der Waals surface area contributed by atoms with Crippen molar-refractivity contribution in [3.8, 4) is 0 Å². The molecule has 1 aliphatic heterocycles. The summed E-state index contributed by atoms with van der Waals surface area (Å²) in [5.41, 5.74) is -4.13. The number of hydrogen-bond donors (Lipinski definition) is 0. The first-order chi connectivity index (χ1) is 12.3. The minimum atomic E-state index is -4.61. The van der Waals surface area contributed by atoms with E-state index < -0.39 is 41.3 Å². The summed E-state index contributed by atoms with van der Waals surface area (Å²) in [4.78, 5) is 25.7. The molecule has 1 aromatic carbocycles. The van der Waals surface area contributed by atoms with Crippen molar-refractivity contribution in [1.82, 2.24) is 4.90 Å². The summed E-state index contributed by atoms with van der Waals surface area (Å²) in [6.45, 7) is 5.05. The van der Waals surface area contributed by atoms with Crippen molar-refractivity contribution in [1.29, 1.82) is 0 Å². The van der Waals surface area contributed by atoms with E-state index in [0.717, 1.165) is 6.07 Å². The molecule has 0 saturated carbocycles. The van der Waals surface area contributed by atoms with Gasteiger partial charge in [-0.1, -0.05) is 18.2 Å². The zero-order chi connectivity index (χ0) is 20.5. The van der Waals surface area contributed by atoms with Gasteiger partial charge in [-0.3, -0.25) is 4.79 Å². The summed E-state index contributed by atoms with van der Waals surface area (Å²) in [7, 11) is 0. The molecule has 0 aliphatic carbocycles. The lowest BCUT2D eigenvalue weighted by atomic mass is 9.85. The van der Waals surface area contributed by atoms with E-state index in [0.29, 0.717) is 0 Å². The second-order valence-corrected chi connectivity index (χ2v) is 7.69. The van der Waals surface area contributed by atoms with Gasteiger partial charge in [-0.15, -0.1) is 0 Å². The van der Waals surface area contributed by atoms with Crippen molar-refractivity contribution in [3.05, 3.63) is 35.4 Å². The molecule has 0 aromatic heterocycles. The molecule has 27 heavy (non-hydrogen) atoms. The molecule has 0 unspecified atom stereocenters. The van der Waals surface area contributed by atoms with Gasteiger partial charge in [-0.05, 0) is 32.4 Å². The van der Waals surface area contributed by atoms with Crippen molar-refractivity contribution in [3.63, 3.8) is 0 Å². The van der Waals surface area contributed by atoms with Gasteiger partial charge < -0.3 is 9.64 Å². The fraction of sp³-hybridized carbons (Fsp3) is 0.579. The van der Waals surface area contributed by atoms with Gasteiger partial charge in [0.2, 0.25) is 0 Å². The number of likely N-dealkylation sites (tertiary alicyclic amines) is 1. The third kappa shape index (κ3) is 5.43. The number of ether oxygens (including phenoxy) is 1. The summed E-state index contributed by atoms with van der Waals surface area (Å²) >= 11 is 0. The van der Waals surface area contributed by atoms with Crippen LogP contribution in [0.1, 0.15) is 44.7 Å². The number of ketones is 1. The Morgan fingerprint density at radius 3 is 2.19 bits per heavy atom. The highest BCUT2D eigenvalue weighted by Gasteiger charge is 2.43. The minimum absolute atomic E-state index is 0.0297. The van der Waals surface area contributed by atoms with Crippen molar-refractivity contribution in [2.45, 2.75) is 57.5 Å². The van der Waals surface area contributed by atoms with Gasteiger partial charge in [-0.25, -0.2) is 9.18 Å². The largest absolute Gasteiger partial charge is 0.444 e. The normalized spacial score (nSPS) is 17.5. The topological polar surface area (TPSA) is 46.6 Å². The zero-order valence-corrected chi connectivity index (χ0v) is 15.5. The predicted molar refractivity (Wildman–Crippen MR) is 91.0 cm³/mol. The summed E-state index contributed by atoms with van der Waals surface area (Å²) in [5, 5.41) is 0. The van der Waals surface area contributed by atoms with Crippen LogP contribution in [0.4, 0.5) is 22.4 Å². The maximum absolute atomic E-state index is 15.0. The molecule has 1 heterocycles. The number of rotatable bonds is 3. The van der Waals surface area contributed by atoms with E-state index in [-0.39, 0.29) is 31.5 Å². The lowest BCUT2D eigenvalue weighted by Crippen LogP contribution is -2.50. The van der Waals surface area contributed by atoms with Gasteiger partial charge >= 0.3 is 12.3 Å². The molecule has 1 saturated heterocycles. The second kappa shape index (κ2) is 7.48. The number of carbonyl (C=O) groups is 2. The van der Waals surface area contributed by atoms with Crippen LogP contribution in [0.2, 0.25) is 0 Å². The predicted octanol–water partition coefficient (Wildman–Crippen LogP) is 4.56. The summed E-state index contributed by atoms with van der Waals surface area (Å²) in [6, 6.07) is 4.66. The molecule has 0 radical (unpaired) electrons. The first-order valence-electron chi connectivity index (χ1n) is 8.67. The Bertz CT molecular complexity index is 702. The van der Waals surface area contributed by atoms with Gasteiger partial charge in [0.05, 0.1) is 5.56 Å². The first-order valence-corrected chi connectivity index (χ1v) is 8.67. The van der Waals surface area contributed by atoms with Crippen molar-refractivity contribution >= 4 is 11.9 Å². The lowest BCUT2D eigenvalue weighted by Gasteiger charge is -2.36. The standard InChI is InChI=1S/C19H23F4NO3/c1-17(2,3)27-16(26)24-10-8-18(20,9-11-24)15(25)12-13-6-4-5-7-14(13)19(21,22)23/h4-7H,8-12H2,1-3H3. The number of piperidine rings is 1. The fourth-order valence-corrected chi connectivity index (χ4v) is 2.93. The van der Waals surface area contributed by atoms with Gasteiger partial charge in [-0.2, -0.15) is 13.2 Å². The molecule has 0 N–H and O–H groups in total. The molecule has 0 spiro atoms. The van der Waals surface area contributed by atoms with E-state index in [1.165, 1.54) is 23.1 Å². The second-order valence-electron chi connectivity index (χ2n) is 7.69. The number of carbonyl (C=O) groups excluding carboxylic acids is 2. The average molecular weight is 389 g/mol. The van der Waals surface area contributed by atoms with Crippen LogP contribution in [0.5, 0.6) is 0 Å². The van der Waals surface area contributed by atoms with Gasteiger partial charge in [0.25, 0.3) is 0 Å². The maximum atomic E-state index is 15.0. The van der Waals surface area contributed by atoms with Crippen LogP contribution in [0.15, 0.2) is 24.3 Å². The highest BCUT2D eigenvalue weighted by molar-refractivity contribution is 5.89. The monoisotopic (exact) mass is 389 g/mol. The van der Waals surface area contributed by atoms with Crippen LogP contribution in [-0.4, -0.2) is 41.1 Å². The number of alkyl halides is 4. The van der Waals surface area contributed by atoms with Gasteiger partial charge in [0.15, 0.2) is 11.5 Å². The van der Waals surface area contributed by atoms with Crippen LogP contribution >= 0.6 is 0 Å². The molecule has 1 aliphatic rings. The Hall–Kier alpha value is -2.12. The van der Waals surface area contributed by atoms with Crippen molar-refractivity contribution < 1.29 is 31.9 Å².